The molecule has 124 valence electrons. The van der Waals surface area contributed by atoms with Crippen LogP contribution in [0.3, 0.4) is 0 Å². The van der Waals surface area contributed by atoms with E-state index in [2.05, 4.69) is 31.0 Å². The summed E-state index contributed by atoms with van der Waals surface area (Å²) in [6, 6.07) is 10.1. The monoisotopic (exact) mass is 325 g/mol. The molecule has 0 radical (unpaired) electrons. The molecule has 0 aliphatic heterocycles. The van der Waals surface area contributed by atoms with Crippen molar-refractivity contribution in [2.24, 2.45) is 5.92 Å². The van der Waals surface area contributed by atoms with Crippen molar-refractivity contribution in [3.63, 3.8) is 0 Å². The zero-order chi connectivity index (χ0) is 15.3. The molecule has 0 heterocycles. The van der Waals surface area contributed by atoms with Gasteiger partial charge in [0.1, 0.15) is 0 Å². The van der Waals surface area contributed by atoms with Crippen LogP contribution in [0.2, 0.25) is 0 Å². The molecule has 2 atom stereocenters. The lowest BCUT2D eigenvalue weighted by molar-refractivity contribution is -0.146. The molecule has 2 rings (SSSR count). The highest BCUT2D eigenvalue weighted by Crippen LogP contribution is 2.55. The molecule has 0 amide bonds. The normalized spacial score (nSPS) is 23.0. The lowest BCUT2D eigenvalue weighted by Crippen LogP contribution is -2.30. The van der Waals surface area contributed by atoms with Crippen LogP contribution in [0.4, 0.5) is 0 Å². The molecule has 0 N–H and O–H groups in total. The van der Waals surface area contributed by atoms with Crippen molar-refractivity contribution < 1.29 is 9.53 Å². The van der Waals surface area contributed by atoms with Crippen LogP contribution in [0.5, 0.6) is 0 Å². The van der Waals surface area contributed by atoms with Gasteiger partial charge < -0.3 is 9.64 Å². The van der Waals surface area contributed by atoms with E-state index in [0.717, 1.165) is 25.1 Å². The first-order valence-corrected chi connectivity index (χ1v) is 8.06. The number of ether oxygens (including phenoxy) is 1. The maximum Gasteiger partial charge on any atom is 0.316 e. The summed E-state index contributed by atoms with van der Waals surface area (Å²) in [5.41, 5.74) is 0.704. The zero-order valence-electron chi connectivity index (χ0n) is 13.9. The zero-order valence-corrected chi connectivity index (χ0v) is 14.7. The number of hydrogen-bond acceptors (Lipinski definition) is 3. The second-order valence-corrected chi connectivity index (χ2v) is 6.07. The topological polar surface area (TPSA) is 29.5 Å². The van der Waals surface area contributed by atoms with E-state index in [4.69, 9.17) is 4.74 Å². The number of carbonyl (C=O) groups excluding carboxylic acids is 1. The minimum atomic E-state index is -0.405. The van der Waals surface area contributed by atoms with Gasteiger partial charge in [-0.2, -0.15) is 0 Å². The van der Waals surface area contributed by atoms with Gasteiger partial charge in [0, 0.05) is 6.54 Å². The second kappa shape index (κ2) is 8.54. The van der Waals surface area contributed by atoms with Crippen LogP contribution in [0.25, 0.3) is 0 Å². The summed E-state index contributed by atoms with van der Waals surface area (Å²) in [6.45, 7) is 6.60. The van der Waals surface area contributed by atoms with Crippen LogP contribution in [0.15, 0.2) is 30.3 Å². The smallest absolute Gasteiger partial charge is 0.316 e. The molecule has 1 aromatic carbocycles. The Morgan fingerprint density at radius 3 is 2.59 bits per heavy atom. The first-order chi connectivity index (χ1) is 10.1. The third-order valence-electron chi connectivity index (χ3n) is 4.46. The summed E-state index contributed by atoms with van der Waals surface area (Å²) in [6.07, 6.45) is 3.32. The molecule has 0 saturated heterocycles. The summed E-state index contributed by atoms with van der Waals surface area (Å²) < 4.78 is 5.36. The van der Waals surface area contributed by atoms with Gasteiger partial charge >= 0.3 is 5.97 Å². The molecule has 22 heavy (non-hydrogen) atoms. The van der Waals surface area contributed by atoms with Crippen molar-refractivity contribution in [3.05, 3.63) is 35.9 Å². The number of benzene rings is 1. The average molecular weight is 326 g/mol. The van der Waals surface area contributed by atoms with E-state index in [0.29, 0.717) is 12.5 Å². The number of esters is 1. The lowest BCUT2D eigenvalue weighted by Gasteiger charge is -2.20. The Labute approximate surface area is 140 Å². The number of carbonyl (C=O) groups is 1. The first kappa shape index (κ1) is 19.0. The van der Waals surface area contributed by atoms with Crippen LogP contribution in [-0.2, 0) is 14.9 Å². The predicted octanol–water partition coefficient (Wildman–Crippen LogP) is 3.66. The number of hydrogen-bond donors (Lipinski definition) is 0. The van der Waals surface area contributed by atoms with E-state index in [-0.39, 0.29) is 18.4 Å². The summed E-state index contributed by atoms with van der Waals surface area (Å²) >= 11 is 0. The minimum absolute atomic E-state index is 0. The summed E-state index contributed by atoms with van der Waals surface area (Å²) in [5, 5.41) is 0. The highest BCUT2D eigenvalue weighted by atomic mass is 35.5. The van der Waals surface area contributed by atoms with Gasteiger partial charge in [0.15, 0.2) is 0 Å². The van der Waals surface area contributed by atoms with Crippen LogP contribution in [0.1, 0.15) is 38.7 Å². The summed E-state index contributed by atoms with van der Waals surface area (Å²) in [4.78, 5) is 14.8. The van der Waals surface area contributed by atoms with E-state index >= 15 is 0 Å². The number of nitrogens with zero attached hydrogens (tertiary/aromatic N) is 1. The molecule has 0 spiro atoms. The van der Waals surface area contributed by atoms with Gasteiger partial charge in [-0.1, -0.05) is 43.7 Å². The Kier molecular flexibility index (Phi) is 7.37. The summed E-state index contributed by atoms with van der Waals surface area (Å²) in [7, 11) is 2.15. The lowest BCUT2D eigenvalue weighted by atomic mass is 9.93. The number of unbranched alkanes of at least 4 members (excludes halogenated alkanes) is 1. The Bertz CT molecular complexity index is 465. The summed E-state index contributed by atoms with van der Waals surface area (Å²) in [5.74, 6) is 0.325. The predicted molar refractivity (Wildman–Crippen MR) is 92.5 cm³/mol. The van der Waals surface area contributed by atoms with Crippen molar-refractivity contribution in [1.29, 1.82) is 0 Å². The molecule has 0 bridgehead atoms. The van der Waals surface area contributed by atoms with E-state index in [1.807, 2.05) is 25.1 Å². The molecule has 0 aromatic heterocycles. The Hall–Kier alpha value is -1.06. The highest BCUT2D eigenvalue weighted by molar-refractivity contribution is 5.87. The third kappa shape index (κ3) is 4.02. The maximum atomic E-state index is 12.5. The van der Waals surface area contributed by atoms with Gasteiger partial charge in [-0.15, -0.1) is 12.4 Å². The SMILES string of the molecule is CCCCN(C)CC1CC1(C(=O)OCC)c1ccccc1.Cl. The highest BCUT2D eigenvalue weighted by Gasteiger charge is 2.62. The van der Waals surface area contributed by atoms with Crippen molar-refractivity contribution >= 4 is 18.4 Å². The fraction of sp³-hybridized carbons (Fsp3) is 0.611. The van der Waals surface area contributed by atoms with Crippen LogP contribution >= 0.6 is 12.4 Å². The number of halogens is 1. The fourth-order valence-corrected chi connectivity index (χ4v) is 3.16. The van der Waals surface area contributed by atoms with Crippen molar-refractivity contribution in [3.8, 4) is 0 Å². The quantitative estimate of drug-likeness (QED) is 0.683. The number of rotatable bonds is 8. The fourth-order valence-electron chi connectivity index (χ4n) is 3.16. The van der Waals surface area contributed by atoms with Gasteiger partial charge in [0.2, 0.25) is 0 Å². The maximum absolute atomic E-state index is 12.5. The molecule has 1 fully saturated rings. The van der Waals surface area contributed by atoms with Crippen LogP contribution in [0, 0.1) is 5.92 Å². The van der Waals surface area contributed by atoms with E-state index < -0.39 is 5.41 Å². The van der Waals surface area contributed by atoms with Gasteiger partial charge in [-0.25, -0.2) is 0 Å². The Morgan fingerprint density at radius 1 is 1.32 bits per heavy atom. The van der Waals surface area contributed by atoms with E-state index in [9.17, 15) is 4.79 Å². The molecule has 1 aliphatic carbocycles. The average Bonchev–Trinajstić information content (AvgIpc) is 3.21. The minimum Gasteiger partial charge on any atom is -0.465 e. The molecule has 1 saturated carbocycles. The van der Waals surface area contributed by atoms with Crippen molar-refractivity contribution in [2.45, 2.75) is 38.5 Å². The Balaban J connectivity index is 0.00000242. The van der Waals surface area contributed by atoms with E-state index in [1.165, 1.54) is 12.8 Å². The van der Waals surface area contributed by atoms with Gasteiger partial charge in [-0.3, -0.25) is 4.79 Å². The third-order valence-corrected chi connectivity index (χ3v) is 4.46. The van der Waals surface area contributed by atoms with Gasteiger partial charge in [0.25, 0.3) is 0 Å². The second-order valence-electron chi connectivity index (χ2n) is 6.07. The van der Waals surface area contributed by atoms with Crippen molar-refractivity contribution in [2.75, 3.05) is 26.7 Å². The van der Waals surface area contributed by atoms with Crippen LogP contribution < -0.4 is 0 Å². The molecule has 1 aromatic rings. The molecule has 3 nitrogen and oxygen atoms in total. The molecular formula is C18H28ClNO2. The molecular weight excluding hydrogens is 298 g/mol. The van der Waals surface area contributed by atoms with Crippen LogP contribution in [-0.4, -0.2) is 37.6 Å². The Morgan fingerprint density at radius 2 is 2.00 bits per heavy atom. The molecule has 2 unspecified atom stereocenters. The largest absolute Gasteiger partial charge is 0.465 e. The molecule has 1 aliphatic rings. The van der Waals surface area contributed by atoms with Crippen molar-refractivity contribution in [1.82, 2.24) is 4.90 Å². The van der Waals surface area contributed by atoms with Gasteiger partial charge in [-0.05, 0) is 44.8 Å². The molecule has 4 heteroatoms. The standard InChI is InChI=1S/C18H27NO2.ClH/c1-4-6-12-19(3)14-16-13-18(16,17(20)21-5-2)15-10-8-7-9-11-15;/h7-11,16H,4-6,12-14H2,1-3H3;1H. The van der Waals surface area contributed by atoms with Gasteiger partial charge in [0.05, 0.1) is 12.0 Å². The first-order valence-electron chi connectivity index (χ1n) is 8.06. The van der Waals surface area contributed by atoms with E-state index in [1.54, 1.807) is 0 Å².